The monoisotopic (exact) mass is 143 g/mol. The summed E-state index contributed by atoms with van der Waals surface area (Å²) in [6, 6.07) is 0. The van der Waals surface area contributed by atoms with E-state index in [0.717, 1.165) is 5.57 Å². The predicted molar refractivity (Wildman–Crippen MR) is 42.2 cm³/mol. The first-order chi connectivity index (χ1) is 4.16. The molecule has 0 spiro atoms. The molecule has 1 N–H and O–H groups in total. The van der Waals surface area contributed by atoms with Crippen LogP contribution in [-0.2, 0) is 0 Å². The van der Waals surface area contributed by atoms with Crippen LogP contribution in [0.2, 0.25) is 0 Å². The Morgan fingerprint density at radius 2 is 2.11 bits per heavy atom. The van der Waals surface area contributed by atoms with E-state index in [1.54, 1.807) is 6.08 Å². The van der Waals surface area contributed by atoms with Crippen LogP contribution < -0.4 is 0 Å². The van der Waals surface area contributed by atoms with Crippen molar-refractivity contribution in [3.05, 3.63) is 23.8 Å². The normalized spacial score (nSPS) is 12.6. The van der Waals surface area contributed by atoms with E-state index in [4.69, 9.17) is 17.0 Å². The highest BCUT2D eigenvalue weighted by Gasteiger charge is 1.82. The van der Waals surface area contributed by atoms with E-state index in [1.165, 1.54) is 0 Å². The SMILES string of the molecule is C/C=C\C(C)=C\C(=N)Cl. The number of halogens is 1. The second-order valence-corrected chi connectivity index (χ2v) is 2.14. The lowest BCUT2D eigenvalue weighted by atomic mass is 10.3. The molecular formula is C7H10ClN. The van der Waals surface area contributed by atoms with Gasteiger partial charge in [-0.1, -0.05) is 23.8 Å². The van der Waals surface area contributed by atoms with Crippen molar-refractivity contribution in [2.24, 2.45) is 0 Å². The third kappa shape index (κ3) is 5.31. The fourth-order valence-corrected chi connectivity index (χ4v) is 0.683. The van der Waals surface area contributed by atoms with E-state index < -0.39 is 0 Å². The van der Waals surface area contributed by atoms with Crippen molar-refractivity contribution in [3.63, 3.8) is 0 Å². The van der Waals surface area contributed by atoms with Crippen molar-refractivity contribution >= 4 is 16.8 Å². The highest BCUT2D eigenvalue weighted by atomic mass is 35.5. The van der Waals surface area contributed by atoms with Crippen LogP contribution in [0.1, 0.15) is 13.8 Å². The Kier molecular flexibility index (Phi) is 4.06. The Hall–Kier alpha value is -0.560. The molecule has 0 amide bonds. The lowest BCUT2D eigenvalue weighted by Crippen LogP contribution is -1.76. The molecular weight excluding hydrogens is 134 g/mol. The molecule has 0 aliphatic carbocycles. The molecule has 0 fully saturated rings. The zero-order chi connectivity index (χ0) is 7.28. The van der Waals surface area contributed by atoms with Crippen LogP contribution in [0.15, 0.2) is 23.8 Å². The summed E-state index contributed by atoms with van der Waals surface area (Å²) in [5.41, 5.74) is 0.998. The van der Waals surface area contributed by atoms with Crippen LogP contribution in [0.3, 0.4) is 0 Å². The van der Waals surface area contributed by atoms with Crippen LogP contribution in [0.4, 0.5) is 0 Å². The average Bonchev–Trinajstić information content (AvgIpc) is 1.63. The third-order valence-electron chi connectivity index (χ3n) is 0.784. The van der Waals surface area contributed by atoms with Gasteiger partial charge in [-0.3, -0.25) is 5.41 Å². The summed E-state index contributed by atoms with van der Waals surface area (Å²) in [4.78, 5) is 0. The fourth-order valence-electron chi connectivity index (χ4n) is 0.511. The highest BCUT2D eigenvalue weighted by molar-refractivity contribution is 6.67. The van der Waals surface area contributed by atoms with Crippen molar-refractivity contribution in [3.8, 4) is 0 Å². The first kappa shape index (κ1) is 8.44. The van der Waals surface area contributed by atoms with Gasteiger partial charge in [0, 0.05) is 0 Å². The van der Waals surface area contributed by atoms with Gasteiger partial charge in [-0.25, -0.2) is 0 Å². The molecule has 2 heteroatoms. The molecule has 0 aliphatic rings. The molecule has 0 aromatic carbocycles. The summed E-state index contributed by atoms with van der Waals surface area (Å²) >= 11 is 5.28. The predicted octanol–water partition coefficient (Wildman–Crippen LogP) is 2.72. The molecule has 0 bridgehead atoms. The van der Waals surface area contributed by atoms with Crippen LogP contribution in [0.25, 0.3) is 0 Å². The number of hydrogen-bond donors (Lipinski definition) is 1. The van der Waals surface area contributed by atoms with Gasteiger partial charge in [0.2, 0.25) is 0 Å². The second kappa shape index (κ2) is 4.33. The molecule has 0 aliphatic heterocycles. The van der Waals surface area contributed by atoms with Gasteiger partial charge >= 0.3 is 0 Å². The van der Waals surface area contributed by atoms with Crippen molar-refractivity contribution in [2.75, 3.05) is 0 Å². The maximum Gasteiger partial charge on any atom is 0.120 e. The van der Waals surface area contributed by atoms with Gasteiger partial charge in [-0.2, -0.15) is 0 Å². The molecule has 50 valence electrons. The Morgan fingerprint density at radius 1 is 1.56 bits per heavy atom. The number of allylic oxidation sites excluding steroid dienone is 4. The number of nitrogens with one attached hydrogen (secondary N) is 1. The third-order valence-corrected chi connectivity index (χ3v) is 0.893. The van der Waals surface area contributed by atoms with Gasteiger partial charge in [0.15, 0.2) is 0 Å². The van der Waals surface area contributed by atoms with Crippen molar-refractivity contribution in [1.29, 1.82) is 5.41 Å². The van der Waals surface area contributed by atoms with E-state index in [2.05, 4.69) is 0 Å². The Bertz CT molecular complexity index is 156. The summed E-state index contributed by atoms with van der Waals surface area (Å²) in [7, 11) is 0. The van der Waals surface area contributed by atoms with Crippen LogP contribution in [0.5, 0.6) is 0 Å². The smallest absolute Gasteiger partial charge is 0.120 e. The number of hydrogen-bond acceptors (Lipinski definition) is 1. The van der Waals surface area contributed by atoms with Gasteiger partial charge in [0.25, 0.3) is 0 Å². The first-order valence-electron chi connectivity index (χ1n) is 2.72. The van der Waals surface area contributed by atoms with Crippen LogP contribution in [-0.4, -0.2) is 5.17 Å². The molecule has 0 saturated heterocycles. The van der Waals surface area contributed by atoms with Gasteiger partial charge in [-0.15, -0.1) is 0 Å². The summed E-state index contributed by atoms with van der Waals surface area (Å²) in [5, 5.41) is 6.93. The molecule has 0 aromatic heterocycles. The Morgan fingerprint density at radius 3 is 2.44 bits per heavy atom. The molecule has 0 rings (SSSR count). The minimum Gasteiger partial charge on any atom is -0.289 e. The molecule has 0 unspecified atom stereocenters. The standard InChI is InChI=1S/C7H10ClN/c1-3-4-6(2)5-7(8)9/h3-5,9H,1-2H3/b4-3-,6-5+,9-7?. The molecule has 0 radical (unpaired) electrons. The minimum atomic E-state index is 0.0746. The van der Waals surface area contributed by atoms with E-state index in [-0.39, 0.29) is 5.17 Å². The van der Waals surface area contributed by atoms with E-state index in [1.807, 2.05) is 26.0 Å². The van der Waals surface area contributed by atoms with E-state index in [9.17, 15) is 0 Å². The molecule has 9 heavy (non-hydrogen) atoms. The van der Waals surface area contributed by atoms with Gasteiger partial charge in [0.05, 0.1) is 0 Å². The topological polar surface area (TPSA) is 23.9 Å². The Balaban J connectivity index is 4.00. The van der Waals surface area contributed by atoms with Crippen LogP contribution in [0, 0.1) is 5.41 Å². The maximum absolute atomic E-state index is 6.86. The maximum atomic E-state index is 6.86. The van der Waals surface area contributed by atoms with Gasteiger partial charge in [0.1, 0.15) is 5.17 Å². The number of rotatable bonds is 2. The van der Waals surface area contributed by atoms with Crippen molar-refractivity contribution in [1.82, 2.24) is 0 Å². The lowest BCUT2D eigenvalue weighted by molar-refractivity contribution is 1.49. The molecule has 0 saturated carbocycles. The molecule has 0 aromatic rings. The zero-order valence-electron chi connectivity index (χ0n) is 5.61. The summed E-state index contributed by atoms with van der Waals surface area (Å²) < 4.78 is 0. The molecule has 1 nitrogen and oxygen atoms in total. The molecule has 0 atom stereocenters. The fraction of sp³-hybridized carbons (Fsp3) is 0.286. The highest BCUT2D eigenvalue weighted by Crippen LogP contribution is 1.96. The molecule has 0 heterocycles. The van der Waals surface area contributed by atoms with Crippen molar-refractivity contribution in [2.45, 2.75) is 13.8 Å². The second-order valence-electron chi connectivity index (χ2n) is 1.74. The van der Waals surface area contributed by atoms with Crippen LogP contribution >= 0.6 is 11.6 Å². The minimum absolute atomic E-state index is 0.0746. The largest absolute Gasteiger partial charge is 0.289 e. The Labute approximate surface area is 60.5 Å². The quantitative estimate of drug-likeness (QED) is 0.454. The first-order valence-corrected chi connectivity index (χ1v) is 3.09. The summed E-state index contributed by atoms with van der Waals surface area (Å²) in [6.07, 6.45) is 5.41. The van der Waals surface area contributed by atoms with Gasteiger partial charge < -0.3 is 0 Å². The lowest BCUT2D eigenvalue weighted by Gasteiger charge is -1.86. The zero-order valence-corrected chi connectivity index (χ0v) is 6.37. The van der Waals surface area contributed by atoms with Crippen molar-refractivity contribution < 1.29 is 0 Å². The van der Waals surface area contributed by atoms with E-state index in [0.29, 0.717) is 0 Å². The van der Waals surface area contributed by atoms with E-state index >= 15 is 0 Å². The average molecular weight is 144 g/mol. The summed E-state index contributed by atoms with van der Waals surface area (Å²) in [6.45, 7) is 3.83. The summed E-state index contributed by atoms with van der Waals surface area (Å²) in [5.74, 6) is 0. The van der Waals surface area contributed by atoms with Gasteiger partial charge in [-0.05, 0) is 25.5 Å².